The second-order valence-electron chi connectivity index (χ2n) is 5.06. The Balaban J connectivity index is 1.96. The number of nitrogens with one attached hydrogen (secondary N) is 2. The number of amides is 1. The van der Waals surface area contributed by atoms with Crippen LogP contribution in [0.25, 0.3) is 0 Å². The highest BCUT2D eigenvalue weighted by Gasteiger charge is 2.25. The van der Waals surface area contributed by atoms with Gasteiger partial charge < -0.3 is 10.6 Å². The maximum Gasteiger partial charge on any atom is 0.242 e. The number of carbonyl (C=O) groups excluding carboxylic acids is 1. The Morgan fingerprint density at radius 2 is 2.11 bits per heavy atom. The van der Waals surface area contributed by atoms with Crippen LogP contribution in [-0.2, 0) is 11.2 Å². The molecule has 0 heterocycles. The van der Waals surface area contributed by atoms with Crippen LogP contribution in [-0.4, -0.2) is 18.0 Å². The molecule has 0 spiro atoms. The standard InChI is InChI=1S/C15H22N2O/c1-3-6-12-7-4-5-8-14(12)16-11(2)15(18)17-13-9-10-13/h4-5,7-8,11,13,16H,3,6,9-10H2,1-2H3,(H,17,18). The van der Waals surface area contributed by atoms with Crippen molar-refractivity contribution in [2.24, 2.45) is 0 Å². The first-order valence-electron chi connectivity index (χ1n) is 6.85. The second-order valence-corrected chi connectivity index (χ2v) is 5.06. The molecule has 1 unspecified atom stereocenters. The molecule has 1 aliphatic carbocycles. The van der Waals surface area contributed by atoms with E-state index in [1.54, 1.807) is 0 Å². The first-order chi connectivity index (χ1) is 8.70. The lowest BCUT2D eigenvalue weighted by Crippen LogP contribution is -2.38. The molecule has 1 fully saturated rings. The van der Waals surface area contributed by atoms with Crippen LogP contribution in [0.1, 0.15) is 38.7 Å². The van der Waals surface area contributed by atoms with Gasteiger partial charge >= 0.3 is 0 Å². The van der Waals surface area contributed by atoms with Gasteiger partial charge in [-0.15, -0.1) is 0 Å². The van der Waals surface area contributed by atoms with Crippen molar-refractivity contribution in [3.8, 4) is 0 Å². The molecule has 0 aliphatic heterocycles. The molecule has 0 bridgehead atoms. The average Bonchev–Trinajstić information content (AvgIpc) is 3.16. The van der Waals surface area contributed by atoms with Crippen LogP contribution in [0.4, 0.5) is 5.69 Å². The third-order valence-corrected chi connectivity index (χ3v) is 3.23. The third kappa shape index (κ3) is 3.49. The van der Waals surface area contributed by atoms with E-state index in [-0.39, 0.29) is 11.9 Å². The fourth-order valence-corrected chi connectivity index (χ4v) is 2.00. The molecular formula is C15H22N2O. The molecule has 2 rings (SSSR count). The lowest BCUT2D eigenvalue weighted by molar-refractivity contribution is -0.121. The molecule has 1 aliphatic rings. The van der Waals surface area contributed by atoms with Crippen LogP contribution >= 0.6 is 0 Å². The van der Waals surface area contributed by atoms with Crippen molar-refractivity contribution in [1.82, 2.24) is 5.32 Å². The third-order valence-electron chi connectivity index (χ3n) is 3.23. The minimum Gasteiger partial charge on any atom is -0.374 e. The number of rotatable bonds is 6. The largest absolute Gasteiger partial charge is 0.374 e. The highest BCUT2D eigenvalue weighted by molar-refractivity contribution is 5.84. The van der Waals surface area contributed by atoms with Gasteiger partial charge in [0.2, 0.25) is 5.91 Å². The first kappa shape index (κ1) is 12.9. The number of hydrogen-bond donors (Lipinski definition) is 2. The van der Waals surface area contributed by atoms with Gasteiger partial charge in [0.05, 0.1) is 0 Å². The highest BCUT2D eigenvalue weighted by atomic mass is 16.2. The highest BCUT2D eigenvalue weighted by Crippen LogP contribution is 2.20. The van der Waals surface area contributed by atoms with E-state index in [2.05, 4.69) is 23.6 Å². The van der Waals surface area contributed by atoms with Gasteiger partial charge in [0.15, 0.2) is 0 Å². The number of carbonyl (C=O) groups is 1. The lowest BCUT2D eigenvalue weighted by Gasteiger charge is -2.17. The zero-order chi connectivity index (χ0) is 13.0. The predicted molar refractivity (Wildman–Crippen MR) is 74.7 cm³/mol. The summed E-state index contributed by atoms with van der Waals surface area (Å²) in [5.41, 5.74) is 2.36. The molecule has 2 N–H and O–H groups in total. The molecule has 1 aromatic rings. The Labute approximate surface area is 109 Å². The SMILES string of the molecule is CCCc1ccccc1NC(C)C(=O)NC1CC1. The van der Waals surface area contributed by atoms with Gasteiger partial charge in [0.1, 0.15) is 6.04 Å². The molecule has 0 aromatic heterocycles. The zero-order valence-electron chi connectivity index (χ0n) is 11.2. The summed E-state index contributed by atoms with van der Waals surface area (Å²) in [6.45, 7) is 4.08. The van der Waals surface area contributed by atoms with Gasteiger partial charge in [-0.1, -0.05) is 31.5 Å². The maximum atomic E-state index is 11.9. The van der Waals surface area contributed by atoms with Gasteiger partial charge in [-0.25, -0.2) is 0 Å². The summed E-state index contributed by atoms with van der Waals surface area (Å²) in [6, 6.07) is 8.47. The van der Waals surface area contributed by atoms with Crippen LogP contribution in [0.3, 0.4) is 0 Å². The van der Waals surface area contributed by atoms with Crippen molar-refractivity contribution in [1.29, 1.82) is 0 Å². The number of benzene rings is 1. The van der Waals surface area contributed by atoms with E-state index in [9.17, 15) is 4.79 Å². The summed E-state index contributed by atoms with van der Waals surface area (Å²) >= 11 is 0. The quantitative estimate of drug-likeness (QED) is 0.810. The van der Waals surface area contributed by atoms with Crippen LogP contribution in [0.2, 0.25) is 0 Å². The summed E-state index contributed by atoms with van der Waals surface area (Å²) in [5.74, 6) is 0.101. The second kappa shape index (κ2) is 5.89. The van der Waals surface area contributed by atoms with E-state index in [4.69, 9.17) is 0 Å². The lowest BCUT2D eigenvalue weighted by atomic mass is 10.1. The van der Waals surface area contributed by atoms with Gasteiger partial charge in [-0.05, 0) is 37.8 Å². The van der Waals surface area contributed by atoms with Crippen molar-refractivity contribution in [3.05, 3.63) is 29.8 Å². The van der Waals surface area contributed by atoms with E-state index in [0.717, 1.165) is 31.4 Å². The number of para-hydroxylation sites is 1. The Morgan fingerprint density at radius 3 is 2.78 bits per heavy atom. The van der Waals surface area contributed by atoms with Crippen molar-refractivity contribution in [2.45, 2.75) is 51.6 Å². The number of hydrogen-bond acceptors (Lipinski definition) is 2. The van der Waals surface area contributed by atoms with Crippen molar-refractivity contribution >= 4 is 11.6 Å². The average molecular weight is 246 g/mol. The van der Waals surface area contributed by atoms with Crippen molar-refractivity contribution in [2.75, 3.05) is 5.32 Å². The van der Waals surface area contributed by atoms with E-state index >= 15 is 0 Å². The Morgan fingerprint density at radius 1 is 1.39 bits per heavy atom. The summed E-state index contributed by atoms with van der Waals surface area (Å²) in [7, 11) is 0. The van der Waals surface area contributed by atoms with Crippen LogP contribution in [0.15, 0.2) is 24.3 Å². The van der Waals surface area contributed by atoms with Crippen molar-refractivity contribution < 1.29 is 4.79 Å². The van der Waals surface area contributed by atoms with Crippen LogP contribution < -0.4 is 10.6 Å². The molecule has 0 radical (unpaired) electrons. The Kier molecular flexibility index (Phi) is 4.24. The molecule has 1 aromatic carbocycles. The molecule has 1 amide bonds. The zero-order valence-corrected chi connectivity index (χ0v) is 11.2. The van der Waals surface area contributed by atoms with Crippen molar-refractivity contribution in [3.63, 3.8) is 0 Å². The monoisotopic (exact) mass is 246 g/mol. The van der Waals surface area contributed by atoms with E-state index in [0.29, 0.717) is 6.04 Å². The molecular weight excluding hydrogens is 224 g/mol. The van der Waals surface area contributed by atoms with E-state index < -0.39 is 0 Å². The fraction of sp³-hybridized carbons (Fsp3) is 0.533. The number of aryl methyl sites for hydroxylation is 1. The summed E-state index contributed by atoms with van der Waals surface area (Å²) in [5, 5.41) is 6.34. The first-order valence-corrected chi connectivity index (χ1v) is 6.85. The summed E-state index contributed by atoms with van der Waals surface area (Å²) in [6.07, 6.45) is 4.41. The predicted octanol–water partition coefficient (Wildman–Crippen LogP) is 2.72. The molecule has 3 nitrogen and oxygen atoms in total. The molecule has 1 atom stereocenters. The fourth-order valence-electron chi connectivity index (χ4n) is 2.00. The minimum absolute atomic E-state index is 0.101. The summed E-state index contributed by atoms with van der Waals surface area (Å²) < 4.78 is 0. The topological polar surface area (TPSA) is 41.1 Å². The normalized spacial score (nSPS) is 16.1. The maximum absolute atomic E-state index is 11.9. The Bertz CT molecular complexity index is 413. The van der Waals surface area contributed by atoms with Gasteiger partial charge in [0, 0.05) is 11.7 Å². The van der Waals surface area contributed by atoms with E-state index in [1.807, 2.05) is 25.1 Å². The number of anilines is 1. The molecule has 1 saturated carbocycles. The van der Waals surface area contributed by atoms with Crippen LogP contribution in [0, 0.1) is 0 Å². The smallest absolute Gasteiger partial charge is 0.242 e. The van der Waals surface area contributed by atoms with Gasteiger partial charge in [0.25, 0.3) is 0 Å². The minimum atomic E-state index is -0.177. The molecule has 3 heteroatoms. The van der Waals surface area contributed by atoms with Gasteiger partial charge in [-0.3, -0.25) is 4.79 Å². The molecule has 18 heavy (non-hydrogen) atoms. The van der Waals surface area contributed by atoms with Crippen LogP contribution in [0.5, 0.6) is 0 Å². The van der Waals surface area contributed by atoms with Gasteiger partial charge in [-0.2, -0.15) is 0 Å². The molecule has 98 valence electrons. The summed E-state index contributed by atoms with van der Waals surface area (Å²) in [4.78, 5) is 11.9. The Hall–Kier alpha value is -1.51. The molecule has 0 saturated heterocycles. The van der Waals surface area contributed by atoms with E-state index in [1.165, 1.54) is 5.56 Å².